The molecule has 0 amide bonds. The summed E-state index contributed by atoms with van der Waals surface area (Å²) < 4.78 is 31.7. The number of benzene rings is 10. The van der Waals surface area contributed by atoms with E-state index in [1.54, 1.807) is 18.4 Å². The van der Waals surface area contributed by atoms with E-state index in [-0.39, 0.29) is 23.9 Å². The van der Waals surface area contributed by atoms with E-state index >= 15 is 0 Å². The van der Waals surface area contributed by atoms with Crippen molar-refractivity contribution in [1.82, 2.24) is 73.8 Å². The summed E-state index contributed by atoms with van der Waals surface area (Å²) in [5, 5.41) is 54.0. The fourth-order valence-electron chi connectivity index (χ4n) is 15.8. The summed E-state index contributed by atoms with van der Waals surface area (Å²) in [6.07, 6.45) is 13.9. The van der Waals surface area contributed by atoms with Crippen LogP contribution in [0.5, 0.6) is 0 Å². The van der Waals surface area contributed by atoms with Crippen molar-refractivity contribution in [3.8, 4) is 28.4 Å². The van der Waals surface area contributed by atoms with Crippen LogP contribution in [-0.4, -0.2) is 146 Å². The Morgan fingerprint density at radius 3 is 1.01 bits per heavy atom. The number of aromatic nitrogens is 15. The molecule has 0 spiro atoms. The zero-order chi connectivity index (χ0) is 91.3. The molecule has 130 heavy (non-hydrogen) atoms. The minimum atomic E-state index is -0.774. The standard InChI is InChI=1S/C21H22BrN3O2S.C20H20BrN3O2S.C20H22N4O2S.C15H12BrN3S.C15H14N4S.C5H9BrO2/c1-4-27-18(26)21(2,3)28-20-24-23-19(22)25(20)17-12-11-14(13-9-10-13)15-7-5-6-8-16(15)17;2*1-2-26-18(25)11-12-27-20-23-22-19(21)24(20)17-10-9-14(13-7-8-13)15-5-3-4-6-16(15)17;2*16-14-17-18-15(20)19(14)13-8-7-10(9-5-6-9)11-3-1-2-4-12(11)13;1-2-8-5(7)3-4-6/h5-8,11-13H,4,9-10H2,1-3H3;3-6,9-10,13H,2,7-8,11-12H2,1H3;3-6,9-10,13H,2,7-8,11-12H2,1H3,(H2,21,22);1-4,7-9H,5-6H2,(H,18,20);1-4,7-9H,5-6H2,(H2,16,17)(H,18,20);2-4H2,1H3. The number of hydrogen-bond donors (Lipinski definition) is 4. The maximum atomic E-state index is 12.4. The number of carbonyl (C=O) groups is 4. The summed E-state index contributed by atoms with van der Waals surface area (Å²) in [5.41, 5.74) is 24.3. The third kappa shape index (κ3) is 22.5. The van der Waals surface area contributed by atoms with Crippen molar-refractivity contribution in [2.24, 2.45) is 0 Å². The Bertz CT molecular complexity index is 6440. The van der Waals surface area contributed by atoms with Gasteiger partial charge < -0.3 is 30.4 Å². The smallest absolute Gasteiger partial charge is 0.322 e. The molecule has 25 nitrogen and oxygen atoms in total. The van der Waals surface area contributed by atoms with Crippen LogP contribution in [0, 0.1) is 9.54 Å². The third-order valence-corrected chi connectivity index (χ3v) is 28.0. The molecular weight excluding hydrogens is 2000 g/mol. The number of fused-ring (bicyclic) bond motifs is 5. The van der Waals surface area contributed by atoms with Crippen molar-refractivity contribution in [2.75, 3.05) is 54.7 Å². The molecule has 15 aromatic rings. The highest BCUT2D eigenvalue weighted by Crippen LogP contribution is 2.50. The number of H-pyrrole nitrogens is 2. The Labute approximate surface area is 809 Å². The quantitative estimate of drug-likeness (QED) is 0.0122. The molecule has 5 fully saturated rings. The predicted molar refractivity (Wildman–Crippen MR) is 536 cm³/mol. The summed E-state index contributed by atoms with van der Waals surface area (Å²) in [6.45, 7) is 12.5. The third-order valence-electron chi connectivity index (χ3n) is 22.5. The normalized spacial score (nSPS) is 14.0. The highest BCUT2D eigenvalue weighted by atomic mass is 79.9. The molecule has 5 aromatic heterocycles. The fraction of sp³-hybridized carbons (Fsp3) is 0.333. The number of halogens is 4. The molecular formula is C96H99Br4N17O8S5. The van der Waals surface area contributed by atoms with Crippen molar-refractivity contribution >= 4 is 213 Å². The van der Waals surface area contributed by atoms with Crippen molar-refractivity contribution in [1.29, 1.82) is 0 Å². The summed E-state index contributed by atoms with van der Waals surface area (Å²) >= 11 is 28.6. The molecule has 5 saturated carbocycles. The molecule has 0 unspecified atom stereocenters. The Morgan fingerprint density at radius 1 is 0.377 bits per heavy atom. The SMILES string of the molecule is CCOC(=O)C(C)(C)Sc1nnc(Br)n1-c1ccc(C2CC2)c2ccccc12.CCOC(=O)CCBr.CCOC(=O)CCSc1nnc(Br)n1-c1ccc(C2CC2)c2ccccc12.CCOC(=O)CCSc1nnc(N)n1-c1ccc(C2CC2)c2ccccc12.Nc1n[nH]c(=S)n1-c1ccc(C2CC2)c2ccccc12.S=c1[nH]nc(Br)n1-c1ccc(C2CC2)c2ccccc12. The highest BCUT2D eigenvalue weighted by molar-refractivity contribution is 9.11. The monoisotopic (exact) mass is 2090 g/mol. The summed E-state index contributed by atoms with van der Waals surface area (Å²) in [6, 6.07) is 64.0. The van der Waals surface area contributed by atoms with E-state index in [2.05, 4.69) is 289 Å². The van der Waals surface area contributed by atoms with Gasteiger partial charge in [0.05, 0.1) is 74.1 Å². The Morgan fingerprint density at radius 2 is 0.677 bits per heavy atom. The second-order valence-corrected chi connectivity index (χ2v) is 39.5. The molecule has 34 heteroatoms. The lowest BCUT2D eigenvalue weighted by atomic mass is 9.99. The molecule has 0 aliphatic heterocycles. The lowest BCUT2D eigenvalue weighted by Crippen LogP contribution is -2.30. The fourth-order valence-corrected chi connectivity index (χ4v) is 20.9. The van der Waals surface area contributed by atoms with Gasteiger partial charge in [0, 0.05) is 43.8 Å². The lowest BCUT2D eigenvalue weighted by molar-refractivity contribution is -0.145. The van der Waals surface area contributed by atoms with Crippen LogP contribution in [0.15, 0.2) is 212 Å². The zero-order valence-corrected chi connectivity index (χ0v) is 83.1. The number of nitrogen functional groups attached to an aromatic ring is 2. The van der Waals surface area contributed by atoms with Crippen LogP contribution < -0.4 is 11.5 Å². The number of nitrogens with two attached hydrogens (primary N) is 2. The number of ether oxygens (including phenoxy) is 4. The second-order valence-electron chi connectivity index (χ2n) is 32.1. The van der Waals surface area contributed by atoms with Gasteiger partial charge in [-0.05, 0) is 293 Å². The van der Waals surface area contributed by atoms with Crippen LogP contribution in [0.2, 0.25) is 0 Å². The van der Waals surface area contributed by atoms with E-state index in [4.69, 9.17) is 50.1 Å². The van der Waals surface area contributed by atoms with Crippen LogP contribution >= 0.6 is 123 Å². The molecule has 5 heterocycles. The number of carbonyl (C=O) groups excluding carboxylic acids is 4. The van der Waals surface area contributed by atoms with Gasteiger partial charge in [0.1, 0.15) is 4.75 Å². The number of aromatic amines is 2. The first kappa shape index (κ1) is 94.7. The first-order valence-electron chi connectivity index (χ1n) is 43.5. The number of nitrogens with one attached hydrogen (secondary N) is 2. The van der Waals surface area contributed by atoms with Gasteiger partial charge in [-0.15, -0.1) is 40.8 Å². The lowest BCUT2D eigenvalue weighted by Gasteiger charge is -2.21. The number of hydrogen-bond acceptors (Lipinski definition) is 23. The van der Waals surface area contributed by atoms with Gasteiger partial charge in [0.2, 0.25) is 35.6 Å². The van der Waals surface area contributed by atoms with Crippen LogP contribution in [0.25, 0.3) is 82.3 Å². The minimum absolute atomic E-state index is 0.135. The molecule has 10 aromatic carbocycles. The highest BCUT2D eigenvalue weighted by Gasteiger charge is 2.36. The zero-order valence-electron chi connectivity index (χ0n) is 72.6. The van der Waals surface area contributed by atoms with Crippen LogP contribution in [0.1, 0.15) is 182 Å². The minimum Gasteiger partial charge on any atom is -0.466 e. The van der Waals surface area contributed by atoms with Gasteiger partial charge in [-0.3, -0.25) is 47.1 Å². The van der Waals surface area contributed by atoms with Gasteiger partial charge >= 0.3 is 23.9 Å². The van der Waals surface area contributed by atoms with E-state index in [0.717, 1.165) is 50.3 Å². The number of esters is 4. The number of rotatable bonds is 27. The topological polar surface area (TPSA) is 317 Å². The molecule has 0 atom stereocenters. The predicted octanol–water partition coefficient (Wildman–Crippen LogP) is 24.1. The first-order valence-corrected chi connectivity index (χ1v) is 50.7. The van der Waals surface area contributed by atoms with E-state index < -0.39 is 4.75 Å². The molecule has 5 aliphatic rings. The second kappa shape index (κ2) is 43.6. The Balaban J connectivity index is 0.000000123. The van der Waals surface area contributed by atoms with Crippen LogP contribution in [-0.2, 0) is 38.1 Å². The molecule has 674 valence electrons. The molecule has 0 saturated heterocycles. The maximum absolute atomic E-state index is 12.4. The Kier molecular flexibility index (Phi) is 31.8. The molecule has 6 N–H and O–H groups in total. The average molecular weight is 2100 g/mol. The summed E-state index contributed by atoms with van der Waals surface area (Å²) in [5.74, 6) is 4.57. The maximum Gasteiger partial charge on any atom is 0.322 e. The van der Waals surface area contributed by atoms with Crippen molar-refractivity contribution < 1.29 is 38.1 Å². The average Bonchev–Trinajstić information content (AvgIpc) is 1.28. The van der Waals surface area contributed by atoms with Crippen LogP contribution in [0.3, 0.4) is 0 Å². The van der Waals surface area contributed by atoms with Crippen molar-refractivity contribution in [3.05, 3.63) is 234 Å². The number of thioether (sulfide) groups is 3. The van der Waals surface area contributed by atoms with E-state index in [0.29, 0.717) is 132 Å². The summed E-state index contributed by atoms with van der Waals surface area (Å²) in [7, 11) is 0. The van der Waals surface area contributed by atoms with Gasteiger partial charge in [-0.1, -0.05) is 203 Å². The summed E-state index contributed by atoms with van der Waals surface area (Å²) in [4.78, 5) is 45.9. The van der Waals surface area contributed by atoms with Crippen LogP contribution in [0.4, 0.5) is 11.9 Å². The largest absolute Gasteiger partial charge is 0.466 e. The molecule has 0 bridgehead atoms. The molecule has 0 radical (unpaired) electrons. The Hall–Kier alpha value is -9.91. The van der Waals surface area contributed by atoms with E-state index in [1.165, 1.54) is 170 Å². The van der Waals surface area contributed by atoms with Gasteiger partial charge in [0.25, 0.3) is 0 Å². The number of anilines is 2. The van der Waals surface area contributed by atoms with E-state index in [1.807, 2.05) is 58.1 Å². The molecule has 5 aliphatic carbocycles. The van der Waals surface area contributed by atoms with E-state index in [9.17, 15) is 19.2 Å². The van der Waals surface area contributed by atoms with Crippen molar-refractivity contribution in [2.45, 2.75) is 175 Å². The number of alkyl halides is 1. The van der Waals surface area contributed by atoms with Gasteiger partial charge in [0.15, 0.2) is 15.5 Å². The number of nitrogens with zero attached hydrogens (tertiary/aromatic N) is 13. The first-order chi connectivity index (χ1) is 63.1. The molecule has 20 rings (SSSR count). The van der Waals surface area contributed by atoms with Gasteiger partial charge in [-0.25, -0.2) is 5.10 Å². The van der Waals surface area contributed by atoms with Crippen molar-refractivity contribution in [3.63, 3.8) is 0 Å². The van der Waals surface area contributed by atoms with Gasteiger partial charge in [-0.2, -0.15) is 0 Å².